The standard InChI is InChI=1S/C21H26N2O2/c1-15(24)23-17-6-3-2-5-16(17)20-10-13-22-12-4-8-19(9-7-18(20)23)11-14-25-21(19,20)22/h2-3,5-6,18H,4,7-14H2,1H3. The highest BCUT2D eigenvalue weighted by atomic mass is 16.5. The normalized spacial score (nSPS) is 44.2. The van der Waals surface area contributed by atoms with Crippen LogP contribution in [0.3, 0.4) is 0 Å². The predicted molar refractivity (Wildman–Crippen MR) is 95.5 cm³/mol. The maximum absolute atomic E-state index is 12.7. The predicted octanol–water partition coefficient (Wildman–Crippen LogP) is 3.06. The van der Waals surface area contributed by atoms with Gasteiger partial charge in [0.25, 0.3) is 0 Å². The zero-order valence-corrected chi connectivity index (χ0v) is 15.0. The van der Waals surface area contributed by atoms with Crippen molar-refractivity contribution in [3.8, 4) is 0 Å². The van der Waals surface area contributed by atoms with Crippen molar-refractivity contribution in [2.75, 3.05) is 24.6 Å². The molecule has 3 saturated heterocycles. The lowest BCUT2D eigenvalue weighted by atomic mass is 9.50. The average Bonchev–Trinajstić information content (AvgIpc) is 3.25. The van der Waals surface area contributed by atoms with Crippen LogP contribution in [-0.2, 0) is 14.9 Å². The van der Waals surface area contributed by atoms with Gasteiger partial charge in [-0.25, -0.2) is 0 Å². The number of fused-ring (bicyclic) bond motifs is 1. The molecule has 4 nitrogen and oxygen atoms in total. The first kappa shape index (κ1) is 14.7. The summed E-state index contributed by atoms with van der Waals surface area (Å²) in [6, 6.07) is 8.94. The van der Waals surface area contributed by atoms with Gasteiger partial charge in [-0.2, -0.15) is 0 Å². The Morgan fingerprint density at radius 2 is 2.04 bits per heavy atom. The van der Waals surface area contributed by atoms with E-state index in [0.717, 1.165) is 38.2 Å². The molecular formula is C21H26N2O2. The number of benzene rings is 1. The van der Waals surface area contributed by atoms with Gasteiger partial charge in [-0.15, -0.1) is 0 Å². The molecule has 4 unspecified atom stereocenters. The first-order chi connectivity index (χ1) is 12.2. The zero-order chi connectivity index (χ0) is 16.9. The molecule has 6 rings (SSSR count). The van der Waals surface area contributed by atoms with Crippen LogP contribution in [0.25, 0.3) is 0 Å². The highest BCUT2D eigenvalue weighted by molar-refractivity contribution is 5.96. The molecule has 1 aliphatic carbocycles. The molecule has 0 aromatic heterocycles. The summed E-state index contributed by atoms with van der Waals surface area (Å²) in [5, 5.41) is 0. The highest BCUT2D eigenvalue weighted by Crippen LogP contribution is 2.73. The van der Waals surface area contributed by atoms with Gasteiger partial charge in [0.15, 0.2) is 0 Å². The van der Waals surface area contributed by atoms with Crippen molar-refractivity contribution < 1.29 is 9.53 Å². The summed E-state index contributed by atoms with van der Waals surface area (Å²) in [6.07, 6.45) is 7.23. The minimum atomic E-state index is -0.179. The fourth-order valence-corrected chi connectivity index (χ4v) is 7.77. The molecule has 132 valence electrons. The van der Waals surface area contributed by atoms with Crippen molar-refractivity contribution in [3.63, 3.8) is 0 Å². The Balaban J connectivity index is 1.67. The first-order valence-electron chi connectivity index (χ1n) is 9.95. The molecule has 1 aromatic carbocycles. The van der Waals surface area contributed by atoms with Gasteiger partial charge in [-0.05, 0) is 50.2 Å². The number of piperidine rings is 1. The van der Waals surface area contributed by atoms with E-state index in [4.69, 9.17) is 4.74 Å². The van der Waals surface area contributed by atoms with Crippen LogP contribution in [0.15, 0.2) is 24.3 Å². The van der Waals surface area contributed by atoms with Gasteiger partial charge in [-0.3, -0.25) is 9.69 Å². The van der Waals surface area contributed by atoms with Crippen LogP contribution in [-0.4, -0.2) is 42.3 Å². The van der Waals surface area contributed by atoms with Crippen molar-refractivity contribution in [3.05, 3.63) is 29.8 Å². The number of nitrogens with zero attached hydrogens (tertiary/aromatic N) is 2. The van der Waals surface area contributed by atoms with Crippen molar-refractivity contribution >= 4 is 11.6 Å². The summed E-state index contributed by atoms with van der Waals surface area (Å²) in [5.74, 6) is 0.186. The Labute approximate surface area is 149 Å². The van der Waals surface area contributed by atoms with Crippen LogP contribution >= 0.6 is 0 Å². The van der Waals surface area contributed by atoms with E-state index in [-0.39, 0.29) is 28.5 Å². The minimum Gasteiger partial charge on any atom is -0.359 e. The third kappa shape index (κ3) is 1.34. The number of hydrogen-bond donors (Lipinski definition) is 0. The Kier molecular flexibility index (Phi) is 2.64. The van der Waals surface area contributed by atoms with Crippen molar-refractivity contribution in [2.24, 2.45) is 5.41 Å². The van der Waals surface area contributed by atoms with Crippen LogP contribution in [0.4, 0.5) is 5.69 Å². The quantitative estimate of drug-likeness (QED) is 0.729. The van der Waals surface area contributed by atoms with Gasteiger partial charge < -0.3 is 9.64 Å². The van der Waals surface area contributed by atoms with Gasteiger partial charge >= 0.3 is 0 Å². The second-order valence-corrected chi connectivity index (χ2v) is 8.80. The topological polar surface area (TPSA) is 32.8 Å². The second-order valence-electron chi connectivity index (χ2n) is 8.80. The lowest BCUT2D eigenvalue weighted by Crippen LogP contribution is -2.73. The smallest absolute Gasteiger partial charge is 0.224 e. The summed E-state index contributed by atoms with van der Waals surface area (Å²) in [4.78, 5) is 17.5. The maximum Gasteiger partial charge on any atom is 0.224 e. The Hall–Kier alpha value is -1.39. The third-order valence-electron chi connectivity index (χ3n) is 8.28. The number of amides is 1. The molecule has 0 N–H and O–H groups in total. The number of hydrogen-bond acceptors (Lipinski definition) is 3. The molecule has 1 amide bonds. The summed E-state index contributed by atoms with van der Waals surface area (Å²) in [6.45, 7) is 4.88. The van der Waals surface area contributed by atoms with Gasteiger partial charge in [0, 0.05) is 37.7 Å². The van der Waals surface area contributed by atoms with Crippen molar-refractivity contribution in [1.82, 2.24) is 4.90 Å². The molecule has 1 saturated carbocycles. The molecule has 2 spiro atoms. The molecule has 4 atom stereocenters. The van der Waals surface area contributed by atoms with E-state index in [9.17, 15) is 4.79 Å². The number of ether oxygens (including phenoxy) is 1. The van der Waals surface area contributed by atoms with Gasteiger partial charge in [0.2, 0.25) is 5.91 Å². The number of carbonyl (C=O) groups excluding carboxylic acids is 1. The minimum absolute atomic E-state index is 0.0373. The summed E-state index contributed by atoms with van der Waals surface area (Å²) in [5.41, 5.74) is 2.60. The van der Waals surface area contributed by atoms with E-state index in [1.165, 1.54) is 31.2 Å². The second kappa shape index (κ2) is 4.47. The van der Waals surface area contributed by atoms with Crippen LogP contribution in [0.5, 0.6) is 0 Å². The van der Waals surface area contributed by atoms with Crippen LogP contribution in [0, 0.1) is 5.41 Å². The van der Waals surface area contributed by atoms with E-state index >= 15 is 0 Å². The van der Waals surface area contributed by atoms with Crippen LogP contribution in [0.1, 0.15) is 51.0 Å². The van der Waals surface area contributed by atoms with Crippen molar-refractivity contribution in [1.29, 1.82) is 0 Å². The molecule has 1 aromatic rings. The summed E-state index contributed by atoms with van der Waals surface area (Å²) in [7, 11) is 0. The Bertz CT molecular complexity index is 779. The van der Waals surface area contributed by atoms with Gasteiger partial charge in [0.1, 0.15) is 5.72 Å². The average molecular weight is 338 g/mol. The molecule has 0 bridgehead atoms. The fraction of sp³-hybridized carbons (Fsp3) is 0.667. The Morgan fingerprint density at radius 3 is 2.92 bits per heavy atom. The number of rotatable bonds is 0. The fourth-order valence-electron chi connectivity index (χ4n) is 7.77. The van der Waals surface area contributed by atoms with Gasteiger partial charge in [-0.1, -0.05) is 18.2 Å². The molecule has 4 heterocycles. The summed E-state index contributed by atoms with van der Waals surface area (Å²) < 4.78 is 6.80. The lowest BCUT2D eigenvalue weighted by molar-refractivity contribution is -0.232. The van der Waals surface area contributed by atoms with Gasteiger partial charge in [0.05, 0.1) is 11.5 Å². The molecule has 5 aliphatic rings. The Morgan fingerprint density at radius 1 is 1.16 bits per heavy atom. The summed E-state index contributed by atoms with van der Waals surface area (Å²) >= 11 is 0. The molecule has 0 radical (unpaired) electrons. The molecular weight excluding hydrogens is 312 g/mol. The monoisotopic (exact) mass is 338 g/mol. The van der Waals surface area contributed by atoms with Crippen LogP contribution < -0.4 is 4.90 Å². The highest BCUT2D eigenvalue weighted by Gasteiger charge is 2.79. The third-order valence-corrected chi connectivity index (χ3v) is 8.28. The van der Waals surface area contributed by atoms with Crippen LogP contribution in [0.2, 0.25) is 0 Å². The van der Waals surface area contributed by atoms with E-state index in [1.54, 1.807) is 6.92 Å². The lowest BCUT2D eigenvalue weighted by Gasteiger charge is -2.62. The first-order valence-corrected chi connectivity index (χ1v) is 9.95. The van der Waals surface area contributed by atoms with Crippen molar-refractivity contribution in [2.45, 2.75) is 62.6 Å². The molecule has 4 fully saturated rings. The number of para-hydroxylation sites is 1. The SMILES string of the molecule is CC(=O)N1c2ccccc2C23CCN4CCCC5(CCOC452)CCC13. The van der Waals surface area contributed by atoms with E-state index in [1.807, 2.05) is 0 Å². The zero-order valence-electron chi connectivity index (χ0n) is 15.0. The largest absolute Gasteiger partial charge is 0.359 e. The van der Waals surface area contributed by atoms with E-state index in [2.05, 4.69) is 34.1 Å². The maximum atomic E-state index is 12.7. The molecule has 25 heavy (non-hydrogen) atoms. The number of carbonyl (C=O) groups is 1. The van der Waals surface area contributed by atoms with E-state index < -0.39 is 0 Å². The molecule has 4 heteroatoms. The van der Waals surface area contributed by atoms with E-state index in [0.29, 0.717) is 0 Å². The number of anilines is 1. The molecule has 4 aliphatic heterocycles.